The van der Waals surface area contributed by atoms with Crippen molar-refractivity contribution in [3.8, 4) is 0 Å². The summed E-state index contributed by atoms with van der Waals surface area (Å²) in [5, 5.41) is 6.94. The van der Waals surface area contributed by atoms with Gasteiger partial charge in [-0.05, 0) is 26.2 Å². The second-order valence-corrected chi connectivity index (χ2v) is 6.02. The van der Waals surface area contributed by atoms with Crippen LogP contribution in [0.25, 0.3) is 0 Å². The van der Waals surface area contributed by atoms with E-state index in [1.807, 2.05) is 26.4 Å². The highest BCUT2D eigenvalue weighted by Gasteiger charge is 2.34. The first kappa shape index (κ1) is 14.4. The fourth-order valence-corrected chi connectivity index (χ4v) is 3.00. The van der Waals surface area contributed by atoms with E-state index in [1.165, 1.54) is 25.8 Å². The van der Waals surface area contributed by atoms with Gasteiger partial charge in [0, 0.05) is 57.7 Å². The third kappa shape index (κ3) is 3.75. The van der Waals surface area contributed by atoms with Crippen LogP contribution in [-0.2, 0) is 6.54 Å². The van der Waals surface area contributed by atoms with E-state index in [2.05, 4.69) is 30.1 Å². The van der Waals surface area contributed by atoms with E-state index in [0.717, 1.165) is 37.5 Å². The molecule has 6 nitrogen and oxygen atoms in total. The molecule has 2 aliphatic rings. The van der Waals surface area contributed by atoms with Gasteiger partial charge in [0.1, 0.15) is 5.82 Å². The number of hydrogen-bond donors (Lipinski definition) is 2. The Morgan fingerprint density at radius 2 is 2.29 bits per heavy atom. The SMILES string of the molecule is CN=C(NCCn1ccnc1C)NC1CCN(C2CC2)C1. The maximum absolute atomic E-state index is 4.33. The second-order valence-electron chi connectivity index (χ2n) is 6.02. The molecule has 6 heteroatoms. The highest BCUT2D eigenvalue weighted by atomic mass is 15.3. The number of aryl methyl sites for hydroxylation is 1. The zero-order valence-electron chi connectivity index (χ0n) is 13.0. The van der Waals surface area contributed by atoms with Crippen molar-refractivity contribution < 1.29 is 0 Å². The maximum Gasteiger partial charge on any atom is 0.191 e. The third-order valence-corrected chi connectivity index (χ3v) is 4.42. The first-order chi connectivity index (χ1) is 10.3. The molecule has 1 aromatic heterocycles. The van der Waals surface area contributed by atoms with Crippen molar-refractivity contribution in [3.63, 3.8) is 0 Å². The Kier molecular flexibility index (Phi) is 4.43. The molecule has 0 bridgehead atoms. The van der Waals surface area contributed by atoms with Crippen LogP contribution in [0.15, 0.2) is 17.4 Å². The van der Waals surface area contributed by atoms with Gasteiger partial charge in [-0.2, -0.15) is 0 Å². The molecular weight excluding hydrogens is 264 g/mol. The topological polar surface area (TPSA) is 57.5 Å². The van der Waals surface area contributed by atoms with Gasteiger partial charge in [0.05, 0.1) is 0 Å². The fraction of sp³-hybridized carbons (Fsp3) is 0.733. The Morgan fingerprint density at radius 3 is 2.95 bits per heavy atom. The number of aromatic nitrogens is 2. The quantitative estimate of drug-likeness (QED) is 0.616. The number of nitrogens with one attached hydrogen (secondary N) is 2. The number of likely N-dealkylation sites (tertiary alicyclic amines) is 1. The van der Waals surface area contributed by atoms with Crippen molar-refractivity contribution in [2.24, 2.45) is 4.99 Å². The summed E-state index contributed by atoms with van der Waals surface area (Å²) in [6, 6.07) is 1.41. The Bertz CT molecular complexity index is 490. The van der Waals surface area contributed by atoms with Gasteiger partial charge in [-0.15, -0.1) is 0 Å². The van der Waals surface area contributed by atoms with E-state index in [9.17, 15) is 0 Å². The molecule has 0 aromatic carbocycles. The molecule has 1 aliphatic heterocycles. The van der Waals surface area contributed by atoms with Crippen LogP contribution in [0, 0.1) is 6.92 Å². The number of rotatable bonds is 5. The highest BCUT2D eigenvalue weighted by Crippen LogP contribution is 2.29. The lowest BCUT2D eigenvalue weighted by Gasteiger charge is -2.18. The normalized spacial score (nSPS) is 23.5. The average Bonchev–Trinajstić information content (AvgIpc) is 3.11. The van der Waals surface area contributed by atoms with Crippen LogP contribution in [-0.4, -0.2) is 59.2 Å². The Morgan fingerprint density at radius 1 is 1.43 bits per heavy atom. The minimum Gasteiger partial charge on any atom is -0.355 e. The lowest BCUT2D eigenvalue weighted by Crippen LogP contribution is -2.45. The van der Waals surface area contributed by atoms with Crippen LogP contribution in [0.1, 0.15) is 25.1 Å². The van der Waals surface area contributed by atoms with Gasteiger partial charge in [0.2, 0.25) is 0 Å². The lowest BCUT2D eigenvalue weighted by atomic mass is 10.3. The van der Waals surface area contributed by atoms with Crippen LogP contribution in [0.4, 0.5) is 0 Å². The standard InChI is InChI=1S/C15H26N6/c1-12-17-6-9-20(12)10-7-18-15(16-2)19-13-5-8-21(11-13)14-3-4-14/h6,9,13-14H,3-5,7-8,10-11H2,1-2H3,(H2,16,18,19). The number of aliphatic imine (C=N–C) groups is 1. The van der Waals surface area contributed by atoms with Crippen molar-refractivity contribution in [3.05, 3.63) is 18.2 Å². The van der Waals surface area contributed by atoms with E-state index in [-0.39, 0.29) is 0 Å². The summed E-state index contributed by atoms with van der Waals surface area (Å²) in [6.45, 7) is 6.18. The summed E-state index contributed by atoms with van der Waals surface area (Å²) in [4.78, 5) is 11.2. The molecule has 1 saturated carbocycles. The Labute approximate surface area is 126 Å². The van der Waals surface area contributed by atoms with Crippen molar-refractivity contribution in [2.45, 2.75) is 44.8 Å². The van der Waals surface area contributed by atoms with Gasteiger partial charge < -0.3 is 15.2 Å². The van der Waals surface area contributed by atoms with Gasteiger partial charge in [0.15, 0.2) is 5.96 Å². The number of nitrogens with zero attached hydrogens (tertiary/aromatic N) is 4. The molecule has 1 atom stereocenters. The van der Waals surface area contributed by atoms with Gasteiger partial charge in [-0.3, -0.25) is 9.89 Å². The summed E-state index contributed by atoms with van der Waals surface area (Å²) in [6.07, 6.45) is 7.86. The van der Waals surface area contributed by atoms with Crippen LogP contribution in [0.3, 0.4) is 0 Å². The summed E-state index contributed by atoms with van der Waals surface area (Å²) < 4.78 is 2.14. The van der Waals surface area contributed by atoms with E-state index in [1.54, 1.807) is 0 Å². The third-order valence-electron chi connectivity index (χ3n) is 4.42. The van der Waals surface area contributed by atoms with Crippen molar-refractivity contribution >= 4 is 5.96 Å². The predicted octanol–water partition coefficient (Wildman–Crippen LogP) is 0.593. The minimum atomic E-state index is 0.534. The van der Waals surface area contributed by atoms with Crippen molar-refractivity contribution in [2.75, 3.05) is 26.7 Å². The zero-order valence-corrected chi connectivity index (χ0v) is 13.0. The van der Waals surface area contributed by atoms with Crippen molar-refractivity contribution in [1.82, 2.24) is 25.1 Å². The molecule has 2 fully saturated rings. The Hall–Kier alpha value is -1.56. The number of guanidine groups is 1. The van der Waals surface area contributed by atoms with Crippen LogP contribution in [0.5, 0.6) is 0 Å². The molecule has 3 rings (SSSR count). The molecule has 0 spiro atoms. The van der Waals surface area contributed by atoms with Crippen LogP contribution in [0.2, 0.25) is 0 Å². The molecule has 0 amide bonds. The van der Waals surface area contributed by atoms with E-state index >= 15 is 0 Å². The van der Waals surface area contributed by atoms with Gasteiger partial charge in [-0.1, -0.05) is 0 Å². The minimum absolute atomic E-state index is 0.534. The molecule has 1 saturated heterocycles. The molecule has 0 radical (unpaired) electrons. The highest BCUT2D eigenvalue weighted by molar-refractivity contribution is 5.79. The number of imidazole rings is 1. The summed E-state index contributed by atoms with van der Waals surface area (Å²) in [7, 11) is 1.84. The molecule has 2 N–H and O–H groups in total. The predicted molar refractivity (Wildman–Crippen MR) is 84.5 cm³/mol. The Balaban J connectivity index is 1.40. The smallest absolute Gasteiger partial charge is 0.191 e. The van der Waals surface area contributed by atoms with Crippen LogP contribution < -0.4 is 10.6 Å². The summed E-state index contributed by atoms with van der Waals surface area (Å²) in [5.41, 5.74) is 0. The van der Waals surface area contributed by atoms with E-state index in [0.29, 0.717) is 6.04 Å². The summed E-state index contributed by atoms with van der Waals surface area (Å²) in [5.74, 6) is 1.96. The lowest BCUT2D eigenvalue weighted by molar-refractivity contribution is 0.321. The zero-order chi connectivity index (χ0) is 14.7. The molecule has 1 aliphatic carbocycles. The van der Waals surface area contributed by atoms with E-state index < -0.39 is 0 Å². The van der Waals surface area contributed by atoms with E-state index in [4.69, 9.17) is 0 Å². The first-order valence-electron chi connectivity index (χ1n) is 7.95. The number of hydrogen-bond acceptors (Lipinski definition) is 3. The molecule has 21 heavy (non-hydrogen) atoms. The average molecular weight is 290 g/mol. The van der Waals surface area contributed by atoms with Gasteiger partial charge in [0.25, 0.3) is 0 Å². The van der Waals surface area contributed by atoms with Gasteiger partial charge >= 0.3 is 0 Å². The fourth-order valence-electron chi connectivity index (χ4n) is 3.00. The first-order valence-corrected chi connectivity index (χ1v) is 7.95. The monoisotopic (exact) mass is 290 g/mol. The van der Waals surface area contributed by atoms with Gasteiger partial charge in [-0.25, -0.2) is 4.98 Å². The molecule has 1 unspecified atom stereocenters. The van der Waals surface area contributed by atoms with Crippen molar-refractivity contribution in [1.29, 1.82) is 0 Å². The summed E-state index contributed by atoms with van der Waals surface area (Å²) >= 11 is 0. The molecule has 116 valence electrons. The van der Waals surface area contributed by atoms with Crippen LogP contribution >= 0.6 is 0 Å². The second kappa shape index (κ2) is 6.47. The maximum atomic E-state index is 4.33. The molecule has 2 heterocycles. The molecular formula is C15H26N6. The molecule has 1 aromatic rings. The largest absolute Gasteiger partial charge is 0.355 e.